The van der Waals surface area contributed by atoms with E-state index < -0.39 is 5.92 Å². The van der Waals surface area contributed by atoms with E-state index in [9.17, 15) is 10.5 Å². The van der Waals surface area contributed by atoms with Crippen molar-refractivity contribution in [2.45, 2.75) is 93.4 Å². The lowest BCUT2D eigenvalue weighted by Gasteiger charge is -2.15. The number of nitrogens with zero attached hydrogens (tertiary/aromatic N) is 4. The molecule has 1 aliphatic heterocycles. The summed E-state index contributed by atoms with van der Waals surface area (Å²) in [6.45, 7) is 10.5. The van der Waals surface area contributed by atoms with E-state index in [1.165, 1.54) is 50.3 Å². The van der Waals surface area contributed by atoms with E-state index in [0.29, 0.717) is 11.8 Å². The first kappa shape index (κ1) is 41.3. The molecule has 0 bridgehead atoms. The molecule has 2 unspecified atom stereocenters. The molecule has 0 saturated heterocycles. The van der Waals surface area contributed by atoms with E-state index in [1.807, 2.05) is 0 Å². The number of ether oxygens (including phenoxy) is 2. The van der Waals surface area contributed by atoms with Gasteiger partial charge in [-0.25, -0.2) is 0 Å². The summed E-state index contributed by atoms with van der Waals surface area (Å²) in [5.74, 6) is 2.21. The zero-order chi connectivity index (χ0) is 39.7. The molecule has 3 aromatic heterocycles. The SMILES string of the molecule is CCCCC(CC)COc1ccc(-c2ccc(-c3c4c(c(-c5ccc(-c6ccc(OCC(CC)CCCC)cc6)s5)c5nsnc35)SC(C(C#N)C#N)S4)s2)cc1. The van der Waals surface area contributed by atoms with Gasteiger partial charge < -0.3 is 9.47 Å². The average molecular weight is 849 g/mol. The molecule has 0 N–H and O–H groups in total. The lowest BCUT2D eigenvalue weighted by atomic mass is 10.0. The molecule has 0 saturated carbocycles. The number of thioether (sulfide) groups is 2. The lowest BCUT2D eigenvalue weighted by molar-refractivity contribution is 0.233. The predicted molar refractivity (Wildman–Crippen MR) is 243 cm³/mol. The Morgan fingerprint density at radius 3 is 1.40 bits per heavy atom. The van der Waals surface area contributed by atoms with Crippen molar-refractivity contribution < 1.29 is 9.47 Å². The second-order valence-electron chi connectivity index (χ2n) is 14.5. The van der Waals surface area contributed by atoms with Gasteiger partial charge in [-0.3, -0.25) is 0 Å². The van der Waals surface area contributed by atoms with E-state index in [1.54, 1.807) is 46.2 Å². The Balaban J connectivity index is 1.17. The summed E-state index contributed by atoms with van der Waals surface area (Å²) < 4.78 is 22.0. The van der Waals surface area contributed by atoms with Gasteiger partial charge in [-0.1, -0.05) is 66.2 Å². The van der Waals surface area contributed by atoms with E-state index >= 15 is 0 Å². The standard InChI is InChI=1S/C46H48N4O2S5/c1-5-9-11-29(7-3)27-51-34-17-13-31(14-18-34)36-21-23-38(53-36)40-42-43(50-57-49-42)41(45-44(40)55-46(56-45)33(25-47)26-48)39-24-22-37(54-39)32-15-19-35(20-16-32)52-28-30(8-4)12-10-6-2/h13-24,29-30,33,46H,5-12,27-28H2,1-4H3. The van der Waals surface area contributed by atoms with Gasteiger partial charge >= 0.3 is 0 Å². The van der Waals surface area contributed by atoms with Gasteiger partial charge in [-0.15, -0.1) is 46.2 Å². The van der Waals surface area contributed by atoms with E-state index in [-0.39, 0.29) is 4.58 Å². The van der Waals surface area contributed by atoms with E-state index in [4.69, 9.17) is 18.2 Å². The van der Waals surface area contributed by atoms with Gasteiger partial charge in [0.25, 0.3) is 0 Å². The van der Waals surface area contributed by atoms with Crippen LogP contribution in [0.2, 0.25) is 0 Å². The van der Waals surface area contributed by atoms with E-state index in [2.05, 4.69) is 113 Å². The molecule has 1 aliphatic rings. The summed E-state index contributed by atoms with van der Waals surface area (Å²) in [7, 11) is 0. The Morgan fingerprint density at radius 1 is 0.596 bits per heavy atom. The fourth-order valence-corrected chi connectivity index (χ4v) is 13.0. The quantitative estimate of drug-likeness (QED) is 0.0796. The number of hydrogen-bond acceptors (Lipinski definition) is 11. The summed E-state index contributed by atoms with van der Waals surface area (Å²) in [5.41, 5.74) is 6.06. The molecule has 3 aromatic carbocycles. The number of aromatic nitrogens is 2. The van der Waals surface area contributed by atoms with Crippen LogP contribution in [0.25, 0.3) is 52.8 Å². The third-order valence-corrected chi connectivity index (χ3v) is 16.5. The van der Waals surface area contributed by atoms with Crippen LogP contribution in [0.3, 0.4) is 0 Å². The predicted octanol–water partition coefficient (Wildman–Crippen LogP) is 14.9. The molecule has 6 aromatic rings. The molecular weight excluding hydrogens is 801 g/mol. The van der Waals surface area contributed by atoms with Crippen molar-refractivity contribution in [2.24, 2.45) is 17.8 Å². The number of benzene rings is 3. The minimum Gasteiger partial charge on any atom is -0.493 e. The Kier molecular flexibility index (Phi) is 14.3. The third-order valence-electron chi connectivity index (χ3n) is 10.7. The normalized spacial score (nSPS) is 14.7. The molecule has 4 heterocycles. The van der Waals surface area contributed by atoms with Crippen molar-refractivity contribution in [3.8, 4) is 65.4 Å². The Hall–Kier alpha value is -3.84. The number of fused-ring (bicyclic) bond motifs is 2. The van der Waals surface area contributed by atoms with Crippen molar-refractivity contribution in [1.82, 2.24) is 8.75 Å². The fraction of sp³-hybridized carbons (Fsp3) is 0.391. The summed E-state index contributed by atoms with van der Waals surface area (Å²) in [6, 6.07) is 30.1. The number of unbranched alkanes of at least 4 members (excludes halogenated alkanes) is 2. The Morgan fingerprint density at radius 2 is 1.02 bits per heavy atom. The molecule has 0 radical (unpaired) electrons. The van der Waals surface area contributed by atoms with Gasteiger partial charge in [0.1, 0.15) is 22.5 Å². The minimum atomic E-state index is -0.760. The number of rotatable bonds is 19. The summed E-state index contributed by atoms with van der Waals surface area (Å²) in [6.07, 6.45) is 9.58. The average Bonchev–Trinajstić information content (AvgIpc) is 4.09. The van der Waals surface area contributed by atoms with E-state index in [0.717, 1.165) is 100 Å². The van der Waals surface area contributed by atoms with Crippen LogP contribution in [0.5, 0.6) is 11.5 Å². The highest BCUT2D eigenvalue weighted by molar-refractivity contribution is 8.19. The van der Waals surface area contributed by atoms with Crippen molar-refractivity contribution in [1.29, 1.82) is 10.5 Å². The van der Waals surface area contributed by atoms with Crippen molar-refractivity contribution >= 4 is 69.0 Å². The molecule has 2 atom stereocenters. The molecular formula is C46H48N4O2S5. The van der Waals surface area contributed by atoms with Crippen LogP contribution in [0.4, 0.5) is 0 Å². The summed E-state index contributed by atoms with van der Waals surface area (Å²) in [4.78, 5) is 6.64. The molecule has 57 heavy (non-hydrogen) atoms. The fourth-order valence-electron chi connectivity index (χ4n) is 7.09. The van der Waals surface area contributed by atoms with Gasteiger partial charge in [0.2, 0.25) is 0 Å². The zero-order valence-electron chi connectivity index (χ0n) is 33.0. The highest BCUT2D eigenvalue weighted by Crippen LogP contribution is 2.60. The number of nitriles is 2. The maximum atomic E-state index is 9.96. The van der Waals surface area contributed by atoms with Gasteiger partial charge in [0, 0.05) is 40.4 Å². The highest BCUT2D eigenvalue weighted by atomic mass is 32.2. The molecule has 0 fully saturated rings. The number of hydrogen-bond donors (Lipinski definition) is 0. The zero-order valence-corrected chi connectivity index (χ0v) is 37.0. The van der Waals surface area contributed by atoms with Gasteiger partial charge in [0.15, 0.2) is 5.92 Å². The monoisotopic (exact) mass is 848 g/mol. The molecule has 7 rings (SSSR count). The largest absolute Gasteiger partial charge is 0.493 e. The molecule has 0 amide bonds. The summed E-state index contributed by atoms with van der Waals surface area (Å²) in [5, 5.41) is 19.9. The van der Waals surface area contributed by atoms with Crippen molar-refractivity contribution in [2.75, 3.05) is 13.2 Å². The first-order valence-corrected chi connectivity index (χ1v) is 24.2. The topological polar surface area (TPSA) is 91.8 Å². The second-order valence-corrected chi connectivity index (χ2v) is 19.8. The van der Waals surface area contributed by atoms with Crippen LogP contribution in [0.15, 0.2) is 82.6 Å². The van der Waals surface area contributed by atoms with Crippen LogP contribution in [0.1, 0.15) is 79.1 Å². The second kappa shape index (κ2) is 19.7. The maximum absolute atomic E-state index is 9.96. The smallest absolute Gasteiger partial charge is 0.154 e. The van der Waals surface area contributed by atoms with Crippen LogP contribution in [0, 0.1) is 40.4 Å². The number of thiophene rings is 2. The first-order valence-electron chi connectivity index (χ1n) is 20.1. The van der Waals surface area contributed by atoms with Crippen molar-refractivity contribution in [3.05, 3.63) is 72.8 Å². The van der Waals surface area contributed by atoms with Crippen LogP contribution in [-0.2, 0) is 0 Å². The van der Waals surface area contributed by atoms with Crippen LogP contribution in [-0.4, -0.2) is 26.5 Å². The molecule has 11 heteroatoms. The molecule has 294 valence electrons. The maximum Gasteiger partial charge on any atom is 0.154 e. The first-order chi connectivity index (χ1) is 28.0. The molecule has 0 aliphatic carbocycles. The van der Waals surface area contributed by atoms with Gasteiger partial charge in [-0.2, -0.15) is 19.3 Å². The van der Waals surface area contributed by atoms with Crippen molar-refractivity contribution in [3.63, 3.8) is 0 Å². The van der Waals surface area contributed by atoms with Crippen LogP contribution < -0.4 is 9.47 Å². The minimum absolute atomic E-state index is 0.259. The molecule has 6 nitrogen and oxygen atoms in total. The Bertz CT molecular complexity index is 2170. The van der Waals surface area contributed by atoms with Gasteiger partial charge in [-0.05, 0) is 109 Å². The lowest BCUT2D eigenvalue weighted by Crippen LogP contribution is -2.11. The van der Waals surface area contributed by atoms with Gasteiger partial charge in [0.05, 0.1) is 41.7 Å². The summed E-state index contributed by atoms with van der Waals surface area (Å²) >= 11 is 7.92. The highest BCUT2D eigenvalue weighted by Gasteiger charge is 2.38. The van der Waals surface area contributed by atoms with Crippen LogP contribution >= 0.6 is 57.9 Å². The molecule has 0 spiro atoms. The Labute approximate surface area is 358 Å². The third kappa shape index (κ3) is 9.40.